The van der Waals surface area contributed by atoms with Crippen molar-refractivity contribution in [3.8, 4) is 0 Å². The molecule has 9 N–H and O–H groups in total. The molecular formula is C21H27FN10O12P2. The molecule has 6 rings (SSSR count). The maximum Gasteiger partial charge on any atom is 0.472 e. The molecule has 46 heavy (non-hydrogen) atoms. The molecule has 0 spiro atoms. The highest BCUT2D eigenvalue weighted by atomic mass is 31.2. The van der Waals surface area contributed by atoms with E-state index in [0.717, 1.165) is 34.8 Å². The van der Waals surface area contributed by atoms with E-state index in [9.17, 15) is 33.9 Å². The van der Waals surface area contributed by atoms with Gasteiger partial charge < -0.3 is 45.5 Å². The standard InChI is InChI=1S/C21H27FN10O12P2/c1-45(36,37)40-3-8-14(9(22)19(43-8)31-5-27-10-15(23)25-4-26-16(10)31)44-46(38,39)41-2-7-12(33)13(34)20(42-7)32-6-28-11-17(32)29-21(24)30-18(11)35/h4-9,12-14,19-20,33-34H,2-3H2,1H3,(H,36,37)(H,38,39)(H2,23,25,26)(H3,24,29,30,35)/t7-,8-,9?,12+,13?,14+,19-,20-/m1/s1. The van der Waals surface area contributed by atoms with Gasteiger partial charge in [0.05, 0.1) is 25.9 Å². The fourth-order valence-electron chi connectivity index (χ4n) is 5.02. The first kappa shape index (κ1) is 32.5. The number of alkyl halides is 1. The van der Waals surface area contributed by atoms with Crippen molar-refractivity contribution in [3.05, 3.63) is 29.3 Å². The highest BCUT2D eigenvalue weighted by Gasteiger charge is 2.52. The van der Waals surface area contributed by atoms with Gasteiger partial charge in [0.15, 0.2) is 41.3 Å². The van der Waals surface area contributed by atoms with Crippen LogP contribution < -0.4 is 17.0 Å². The highest BCUT2D eigenvalue weighted by Crippen LogP contribution is 2.50. The average Bonchev–Trinajstić information content (AvgIpc) is 3.73. The number of aromatic nitrogens is 8. The summed E-state index contributed by atoms with van der Waals surface area (Å²) in [5, 5.41) is 21.2. The van der Waals surface area contributed by atoms with E-state index in [0.29, 0.717) is 0 Å². The van der Waals surface area contributed by atoms with Crippen LogP contribution in [0.25, 0.3) is 22.3 Å². The molecule has 0 aliphatic carbocycles. The van der Waals surface area contributed by atoms with Crippen LogP contribution in [0.2, 0.25) is 0 Å². The Morgan fingerprint density at radius 1 is 0.957 bits per heavy atom. The van der Waals surface area contributed by atoms with Gasteiger partial charge in [-0.1, -0.05) is 0 Å². The van der Waals surface area contributed by atoms with Gasteiger partial charge in [-0.15, -0.1) is 0 Å². The molecule has 0 aromatic carbocycles. The van der Waals surface area contributed by atoms with Crippen LogP contribution in [-0.2, 0) is 32.2 Å². The molecule has 2 fully saturated rings. The molecule has 0 bridgehead atoms. The third kappa shape index (κ3) is 6.14. The third-order valence-corrected chi connectivity index (χ3v) is 8.74. The Morgan fingerprint density at radius 3 is 2.33 bits per heavy atom. The normalized spacial score (nSPS) is 31.0. The zero-order valence-corrected chi connectivity index (χ0v) is 25.2. The van der Waals surface area contributed by atoms with Gasteiger partial charge in [-0.05, 0) is 0 Å². The lowest BCUT2D eigenvalue weighted by molar-refractivity contribution is -0.0575. The SMILES string of the molecule is CP(=O)(O)OC[C@H]1O[C@@H](n2cnc3c(N)ncnc32)C(F)[C@H]1OP(=O)(O)OC[C@H]1O[C@@H](n2cnc3c(=O)[nH]c(N)nc32)C(O)[C@H]1O. The number of nitrogens with zero attached hydrogens (tertiary/aromatic N) is 7. The number of fused-ring (bicyclic) bond motifs is 2. The molecule has 4 aromatic heterocycles. The quantitative estimate of drug-likeness (QED) is 0.0912. The topological polar surface area (TPSA) is 320 Å². The van der Waals surface area contributed by atoms with Gasteiger partial charge in [0.25, 0.3) is 5.56 Å². The van der Waals surface area contributed by atoms with Crippen molar-refractivity contribution < 1.29 is 56.6 Å². The molecule has 0 radical (unpaired) electrons. The minimum Gasteiger partial charge on any atom is -0.387 e. The van der Waals surface area contributed by atoms with Gasteiger partial charge in [0.1, 0.15) is 42.4 Å². The van der Waals surface area contributed by atoms with Crippen LogP contribution in [0.1, 0.15) is 12.5 Å². The number of imidazole rings is 2. The summed E-state index contributed by atoms with van der Waals surface area (Å²) in [6, 6.07) is 0. The number of aromatic amines is 1. The van der Waals surface area contributed by atoms with Crippen molar-refractivity contribution >= 4 is 49.5 Å². The molecule has 2 aliphatic rings. The van der Waals surface area contributed by atoms with Gasteiger partial charge in [-0.25, -0.2) is 28.9 Å². The van der Waals surface area contributed by atoms with Crippen LogP contribution in [0.15, 0.2) is 23.8 Å². The zero-order valence-electron chi connectivity index (χ0n) is 23.4. The first-order valence-corrected chi connectivity index (χ1v) is 16.7. The molecular weight excluding hydrogens is 665 g/mol. The second-order valence-electron chi connectivity index (χ2n) is 10.3. The lowest BCUT2D eigenvalue weighted by Crippen LogP contribution is -2.35. The van der Waals surface area contributed by atoms with Crippen molar-refractivity contribution in [1.29, 1.82) is 0 Å². The predicted octanol–water partition coefficient (Wildman–Crippen LogP) is -1.69. The fraction of sp³-hybridized carbons (Fsp3) is 0.524. The first-order chi connectivity index (χ1) is 21.6. The number of anilines is 2. The van der Waals surface area contributed by atoms with E-state index in [1.165, 1.54) is 0 Å². The number of hydrogen-bond acceptors (Lipinski definition) is 17. The maximum absolute atomic E-state index is 15.9. The average molecular weight is 692 g/mol. The number of ether oxygens (including phenoxy) is 2. The summed E-state index contributed by atoms with van der Waals surface area (Å²) in [6.45, 7) is -0.729. The number of nitrogen functional groups attached to an aromatic ring is 2. The summed E-state index contributed by atoms with van der Waals surface area (Å²) in [4.78, 5) is 54.2. The Bertz CT molecular complexity index is 1920. The van der Waals surface area contributed by atoms with Gasteiger partial charge >= 0.3 is 15.4 Å². The van der Waals surface area contributed by atoms with Crippen LogP contribution >= 0.6 is 15.4 Å². The van der Waals surface area contributed by atoms with Crippen LogP contribution in [-0.4, -0.2) is 116 Å². The second-order valence-corrected chi connectivity index (χ2v) is 13.6. The van der Waals surface area contributed by atoms with E-state index < -0.39 is 83.3 Å². The summed E-state index contributed by atoms with van der Waals surface area (Å²) >= 11 is 0. The second kappa shape index (κ2) is 12.0. The Kier molecular flexibility index (Phi) is 8.44. The summed E-state index contributed by atoms with van der Waals surface area (Å²) in [6.07, 6.45) is -10.1. The van der Waals surface area contributed by atoms with Gasteiger partial charge in [-0.3, -0.25) is 32.5 Å². The van der Waals surface area contributed by atoms with Crippen LogP contribution in [0.3, 0.4) is 0 Å². The number of phosphoric acid groups is 1. The lowest BCUT2D eigenvalue weighted by atomic mass is 10.1. The van der Waals surface area contributed by atoms with E-state index >= 15 is 4.39 Å². The Hall–Kier alpha value is -3.47. The fourth-order valence-corrected chi connectivity index (χ4v) is 6.40. The van der Waals surface area contributed by atoms with Gasteiger partial charge in [-0.2, -0.15) is 4.98 Å². The van der Waals surface area contributed by atoms with E-state index in [2.05, 4.69) is 29.9 Å². The minimum absolute atomic E-state index is 0.00995. The van der Waals surface area contributed by atoms with Crippen molar-refractivity contribution in [2.24, 2.45) is 0 Å². The van der Waals surface area contributed by atoms with Crippen molar-refractivity contribution in [3.63, 3.8) is 0 Å². The highest BCUT2D eigenvalue weighted by molar-refractivity contribution is 7.51. The number of hydrogen-bond donors (Lipinski definition) is 7. The summed E-state index contributed by atoms with van der Waals surface area (Å²) in [5.74, 6) is -0.262. The minimum atomic E-state index is -5.21. The molecule has 6 heterocycles. The number of aliphatic hydroxyl groups excluding tert-OH is 2. The number of phosphoric ester groups is 1. The largest absolute Gasteiger partial charge is 0.472 e. The summed E-state index contributed by atoms with van der Waals surface area (Å²) in [5.41, 5.74) is 10.7. The summed E-state index contributed by atoms with van der Waals surface area (Å²) < 4.78 is 69.2. The molecule has 22 nitrogen and oxygen atoms in total. The number of rotatable bonds is 10. The third-order valence-electron chi connectivity index (χ3n) is 7.13. The van der Waals surface area contributed by atoms with Crippen LogP contribution in [0.4, 0.5) is 16.2 Å². The molecule has 250 valence electrons. The molecule has 10 atom stereocenters. The van der Waals surface area contributed by atoms with Crippen molar-refractivity contribution in [2.75, 3.05) is 31.3 Å². The monoisotopic (exact) mass is 692 g/mol. The van der Waals surface area contributed by atoms with Crippen molar-refractivity contribution in [2.45, 2.75) is 49.1 Å². The van der Waals surface area contributed by atoms with Gasteiger partial charge in [0, 0.05) is 6.66 Å². The molecule has 2 aliphatic heterocycles. The molecule has 4 aromatic rings. The smallest absolute Gasteiger partial charge is 0.387 e. The number of halogens is 1. The Balaban J connectivity index is 1.18. The molecule has 4 unspecified atom stereocenters. The zero-order chi connectivity index (χ0) is 33.1. The number of aliphatic hydroxyl groups is 2. The Morgan fingerprint density at radius 2 is 1.61 bits per heavy atom. The number of nitrogens with two attached hydrogens (primary N) is 2. The maximum atomic E-state index is 15.9. The lowest BCUT2D eigenvalue weighted by Gasteiger charge is -2.23. The van der Waals surface area contributed by atoms with E-state index in [1.54, 1.807) is 0 Å². The van der Waals surface area contributed by atoms with Crippen LogP contribution in [0.5, 0.6) is 0 Å². The Labute approximate surface area is 255 Å². The summed E-state index contributed by atoms with van der Waals surface area (Å²) in [7, 11) is -9.33. The van der Waals surface area contributed by atoms with Gasteiger partial charge in [0.2, 0.25) is 5.95 Å². The molecule has 0 saturated carbocycles. The molecule has 25 heteroatoms. The first-order valence-electron chi connectivity index (χ1n) is 13.2. The predicted molar refractivity (Wildman–Crippen MR) is 149 cm³/mol. The number of H-pyrrole nitrogens is 1. The number of nitrogens with one attached hydrogen (secondary N) is 1. The van der Waals surface area contributed by atoms with E-state index in [1.807, 2.05) is 0 Å². The van der Waals surface area contributed by atoms with E-state index in [4.69, 9.17) is 34.5 Å². The van der Waals surface area contributed by atoms with Crippen LogP contribution in [0, 0.1) is 0 Å². The van der Waals surface area contributed by atoms with E-state index in [-0.39, 0.29) is 34.1 Å². The molecule has 2 saturated heterocycles. The van der Waals surface area contributed by atoms with Crippen molar-refractivity contribution in [1.82, 2.24) is 39.0 Å². The molecule has 0 amide bonds.